The van der Waals surface area contributed by atoms with Gasteiger partial charge in [0.05, 0.1) is 11.7 Å². The Morgan fingerprint density at radius 1 is 1.14 bits per heavy atom. The summed E-state index contributed by atoms with van der Waals surface area (Å²) in [6.45, 7) is 6.94. The topological polar surface area (TPSA) is 45.4 Å². The molecule has 4 nitrogen and oxygen atoms in total. The molecular weight excluding hydrogens is 260 g/mol. The van der Waals surface area contributed by atoms with E-state index in [9.17, 15) is 0 Å². The Bertz CT molecular complexity index is 408. The molecule has 0 aliphatic carbocycles. The van der Waals surface area contributed by atoms with Crippen molar-refractivity contribution < 1.29 is 0 Å². The normalized spacial score (nSPS) is 23.5. The maximum absolute atomic E-state index is 6.01. The first kappa shape index (κ1) is 14.9. The first-order valence-electron chi connectivity index (χ1n) is 8.44. The van der Waals surface area contributed by atoms with Crippen LogP contribution in [-0.2, 0) is 0 Å². The van der Waals surface area contributed by atoms with Gasteiger partial charge >= 0.3 is 0 Å². The fourth-order valence-corrected chi connectivity index (χ4v) is 3.81. The van der Waals surface area contributed by atoms with E-state index in [1.165, 1.54) is 45.3 Å². The Kier molecular flexibility index (Phi) is 5.22. The molecule has 2 saturated heterocycles. The Morgan fingerprint density at radius 2 is 1.90 bits per heavy atom. The molecule has 2 aliphatic rings. The number of likely N-dealkylation sites (tertiary alicyclic amines) is 2. The molecule has 0 radical (unpaired) electrons. The van der Waals surface area contributed by atoms with E-state index >= 15 is 0 Å². The predicted molar refractivity (Wildman–Crippen MR) is 86.0 cm³/mol. The molecule has 0 saturated carbocycles. The summed E-state index contributed by atoms with van der Waals surface area (Å²) in [6, 6.07) is 6.43. The second kappa shape index (κ2) is 7.34. The van der Waals surface area contributed by atoms with E-state index in [4.69, 9.17) is 5.73 Å². The summed E-state index contributed by atoms with van der Waals surface area (Å²) in [4.78, 5) is 9.68. The van der Waals surface area contributed by atoms with Crippen molar-refractivity contribution in [2.75, 3.05) is 39.3 Å². The van der Waals surface area contributed by atoms with E-state index in [-0.39, 0.29) is 0 Å². The largest absolute Gasteiger partial charge is 0.329 e. The minimum Gasteiger partial charge on any atom is -0.329 e. The minimum absolute atomic E-state index is 0.291. The molecule has 21 heavy (non-hydrogen) atoms. The lowest BCUT2D eigenvalue weighted by molar-refractivity contribution is 0.116. The zero-order valence-corrected chi connectivity index (χ0v) is 13.0. The van der Waals surface area contributed by atoms with Gasteiger partial charge in [-0.3, -0.25) is 9.88 Å². The predicted octanol–water partition coefficient (Wildman–Crippen LogP) is 1.89. The smallest absolute Gasteiger partial charge is 0.0644 e. The van der Waals surface area contributed by atoms with Crippen LogP contribution in [0.5, 0.6) is 0 Å². The third-order valence-electron chi connectivity index (χ3n) is 5.06. The first-order valence-corrected chi connectivity index (χ1v) is 8.44. The molecule has 4 heteroatoms. The van der Waals surface area contributed by atoms with Crippen LogP contribution in [0.1, 0.15) is 37.4 Å². The Hall–Kier alpha value is -0.970. The summed E-state index contributed by atoms with van der Waals surface area (Å²) < 4.78 is 0. The molecule has 0 bridgehead atoms. The van der Waals surface area contributed by atoms with Gasteiger partial charge in [-0.25, -0.2) is 0 Å². The lowest BCUT2D eigenvalue weighted by Gasteiger charge is -2.38. The second-order valence-electron chi connectivity index (χ2n) is 6.49. The highest BCUT2D eigenvalue weighted by atomic mass is 15.2. The van der Waals surface area contributed by atoms with Gasteiger partial charge in [0, 0.05) is 19.3 Å². The quantitative estimate of drug-likeness (QED) is 0.899. The van der Waals surface area contributed by atoms with Crippen LogP contribution in [0.25, 0.3) is 0 Å². The highest BCUT2D eigenvalue weighted by molar-refractivity contribution is 5.09. The second-order valence-corrected chi connectivity index (χ2v) is 6.49. The van der Waals surface area contributed by atoms with Gasteiger partial charge in [-0.2, -0.15) is 0 Å². The van der Waals surface area contributed by atoms with Crippen molar-refractivity contribution in [1.29, 1.82) is 0 Å². The summed E-state index contributed by atoms with van der Waals surface area (Å²) >= 11 is 0. The lowest BCUT2D eigenvalue weighted by Crippen LogP contribution is -2.42. The third kappa shape index (κ3) is 3.82. The molecule has 1 aromatic rings. The van der Waals surface area contributed by atoms with Crippen LogP contribution in [0.15, 0.2) is 24.4 Å². The van der Waals surface area contributed by atoms with Gasteiger partial charge in [-0.1, -0.05) is 6.07 Å². The van der Waals surface area contributed by atoms with Crippen molar-refractivity contribution in [3.05, 3.63) is 30.1 Å². The molecule has 2 aliphatic heterocycles. The number of nitrogens with two attached hydrogens (primary N) is 1. The van der Waals surface area contributed by atoms with E-state index in [2.05, 4.69) is 26.9 Å². The maximum atomic E-state index is 6.01. The van der Waals surface area contributed by atoms with Crippen LogP contribution in [0.4, 0.5) is 0 Å². The molecule has 0 aromatic carbocycles. The molecule has 0 amide bonds. The Balaban J connectivity index is 1.52. The fraction of sp³-hybridized carbons (Fsp3) is 0.706. The lowest BCUT2D eigenvalue weighted by atomic mass is 9.94. The maximum Gasteiger partial charge on any atom is 0.0644 e. The number of hydrogen-bond donors (Lipinski definition) is 1. The third-order valence-corrected chi connectivity index (χ3v) is 5.06. The van der Waals surface area contributed by atoms with Gasteiger partial charge in [0.15, 0.2) is 0 Å². The van der Waals surface area contributed by atoms with Crippen molar-refractivity contribution in [3.63, 3.8) is 0 Å². The van der Waals surface area contributed by atoms with E-state index in [1.807, 2.05) is 12.3 Å². The van der Waals surface area contributed by atoms with Crippen molar-refractivity contribution in [1.82, 2.24) is 14.8 Å². The monoisotopic (exact) mass is 288 g/mol. The molecule has 2 fully saturated rings. The summed E-state index contributed by atoms with van der Waals surface area (Å²) in [7, 11) is 0. The highest BCUT2D eigenvalue weighted by Crippen LogP contribution is 2.26. The molecule has 3 rings (SSSR count). The SMILES string of the molecule is NCC(c1ccccn1)N1CCC(CN2CCCC2)CC1. The number of aromatic nitrogens is 1. The van der Waals surface area contributed by atoms with Crippen LogP contribution in [-0.4, -0.2) is 54.1 Å². The molecule has 1 aromatic heterocycles. The van der Waals surface area contributed by atoms with Crippen LogP contribution >= 0.6 is 0 Å². The van der Waals surface area contributed by atoms with E-state index in [1.54, 1.807) is 0 Å². The zero-order chi connectivity index (χ0) is 14.5. The Morgan fingerprint density at radius 3 is 2.52 bits per heavy atom. The number of nitrogens with zero attached hydrogens (tertiary/aromatic N) is 3. The average molecular weight is 288 g/mol. The van der Waals surface area contributed by atoms with Gasteiger partial charge in [0.2, 0.25) is 0 Å². The summed E-state index contributed by atoms with van der Waals surface area (Å²) in [6.07, 6.45) is 7.28. The Labute approximate surface area is 128 Å². The summed E-state index contributed by atoms with van der Waals surface area (Å²) in [5, 5.41) is 0. The van der Waals surface area contributed by atoms with Crippen molar-refractivity contribution in [2.45, 2.75) is 31.7 Å². The number of rotatable bonds is 5. The minimum atomic E-state index is 0.291. The van der Waals surface area contributed by atoms with Crippen molar-refractivity contribution in [3.8, 4) is 0 Å². The van der Waals surface area contributed by atoms with Crippen LogP contribution < -0.4 is 5.73 Å². The van der Waals surface area contributed by atoms with E-state index in [0.717, 1.165) is 24.7 Å². The highest BCUT2D eigenvalue weighted by Gasteiger charge is 2.27. The van der Waals surface area contributed by atoms with E-state index < -0.39 is 0 Å². The molecule has 1 atom stereocenters. The standard InChI is InChI=1S/C17H28N4/c18-13-17(16-5-1-2-8-19-16)21-11-6-15(7-12-21)14-20-9-3-4-10-20/h1-2,5,8,15,17H,3-4,6-7,9-14,18H2. The number of piperidine rings is 1. The van der Waals surface area contributed by atoms with Crippen LogP contribution in [0, 0.1) is 5.92 Å². The molecule has 0 spiro atoms. The van der Waals surface area contributed by atoms with Gasteiger partial charge in [-0.15, -0.1) is 0 Å². The molecule has 116 valence electrons. The average Bonchev–Trinajstić information content (AvgIpc) is 3.04. The van der Waals surface area contributed by atoms with Gasteiger partial charge in [-0.05, 0) is 69.9 Å². The molecular formula is C17H28N4. The molecule has 1 unspecified atom stereocenters. The summed E-state index contributed by atoms with van der Waals surface area (Å²) in [5.74, 6) is 0.876. The molecule has 2 N–H and O–H groups in total. The first-order chi connectivity index (χ1) is 10.4. The number of hydrogen-bond acceptors (Lipinski definition) is 4. The van der Waals surface area contributed by atoms with Gasteiger partial charge in [0.1, 0.15) is 0 Å². The molecule has 3 heterocycles. The van der Waals surface area contributed by atoms with Crippen molar-refractivity contribution >= 4 is 0 Å². The van der Waals surface area contributed by atoms with Crippen LogP contribution in [0.3, 0.4) is 0 Å². The van der Waals surface area contributed by atoms with Gasteiger partial charge in [0.25, 0.3) is 0 Å². The van der Waals surface area contributed by atoms with Crippen molar-refractivity contribution in [2.24, 2.45) is 11.7 Å². The van der Waals surface area contributed by atoms with Gasteiger partial charge < -0.3 is 10.6 Å². The fourth-order valence-electron chi connectivity index (χ4n) is 3.81. The van der Waals surface area contributed by atoms with Crippen LogP contribution in [0.2, 0.25) is 0 Å². The summed E-state index contributed by atoms with van der Waals surface area (Å²) in [5.41, 5.74) is 7.14. The number of pyridine rings is 1. The van der Waals surface area contributed by atoms with E-state index in [0.29, 0.717) is 12.6 Å². The zero-order valence-electron chi connectivity index (χ0n) is 13.0.